The molecule has 0 spiro atoms. The summed E-state index contributed by atoms with van der Waals surface area (Å²) >= 11 is 6.33. The van der Waals surface area contributed by atoms with E-state index >= 15 is 0 Å². The van der Waals surface area contributed by atoms with Crippen molar-refractivity contribution in [1.82, 2.24) is 15.1 Å². The van der Waals surface area contributed by atoms with Crippen molar-refractivity contribution in [3.63, 3.8) is 0 Å². The molecule has 1 saturated carbocycles. The molecule has 2 heterocycles. The fraction of sp³-hybridized carbons (Fsp3) is 0.417. The van der Waals surface area contributed by atoms with Gasteiger partial charge in [0.25, 0.3) is 11.5 Å². The van der Waals surface area contributed by atoms with Crippen molar-refractivity contribution >= 4 is 35.2 Å². The van der Waals surface area contributed by atoms with Crippen LogP contribution in [0.3, 0.4) is 0 Å². The number of carbonyl (C=O) groups excluding carboxylic acids is 2. The molecular weight excluding hydrogens is 428 g/mol. The molecule has 0 bridgehead atoms. The first-order valence-electron chi connectivity index (χ1n) is 11.0. The van der Waals surface area contributed by atoms with Gasteiger partial charge in [0, 0.05) is 35.8 Å². The Morgan fingerprint density at radius 2 is 1.91 bits per heavy atom. The molecule has 0 unspecified atom stereocenters. The van der Waals surface area contributed by atoms with E-state index in [2.05, 4.69) is 21.6 Å². The molecule has 2 aromatic rings. The number of anilines is 1. The summed E-state index contributed by atoms with van der Waals surface area (Å²) in [6, 6.07) is 4.77. The lowest BCUT2D eigenvalue weighted by atomic mass is 9.96. The highest BCUT2D eigenvalue weighted by molar-refractivity contribution is 6.31. The van der Waals surface area contributed by atoms with Crippen molar-refractivity contribution < 1.29 is 9.59 Å². The molecule has 2 N–H and O–H groups in total. The van der Waals surface area contributed by atoms with Crippen LogP contribution in [0.15, 0.2) is 34.8 Å². The third kappa shape index (κ3) is 5.10. The van der Waals surface area contributed by atoms with Crippen LogP contribution in [-0.2, 0) is 4.79 Å². The van der Waals surface area contributed by atoms with E-state index in [9.17, 15) is 14.4 Å². The second kappa shape index (κ2) is 9.69. The van der Waals surface area contributed by atoms with Gasteiger partial charge in [-0.2, -0.15) is 5.10 Å². The summed E-state index contributed by atoms with van der Waals surface area (Å²) in [5, 5.41) is 9.25. The molecule has 4 rings (SSSR count). The fourth-order valence-electron chi connectivity index (χ4n) is 4.48. The lowest BCUT2D eigenvalue weighted by Gasteiger charge is -2.30. The quantitative estimate of drug-likeness (QED) is 0.724. The summed E-state index contributed by atoms with van der Waals surface area (Å²) in [6.45, 7) is 3.42. The molecule has 1 aromatic carbocycles. The standard InChI is InChI=1S/C24H27ClN4O3/c1-15-18(10-16-6-8-29(9-7-16)24(32)17-4-2-3-5-17)11-20(25)13-21(15)27-23(31)19-12-22(30)28-26-14-19/h10-14,17H,2-9H2,1H3,(H,27,31)(H,28,30). The maximum absolute atomic E-state index is 12.7. The first-order chi connectivity index (χ1) is 15.4. The van der Waals surface area contributed by atoms with Crippen LogP contribution in [0.4, 0.5) is 5.69 Å². The summed E-state index contributed by atoms with van der Waals surface area (Å²) in [5.74, 6) is 0.114. The predicted octanol–water partition coefficient (Wildman–Crippen LogP) is 4.18. The zero-order valence-corrected chi connectivity index (χ0v) is 18.9. The molecule has 32 heavy (non-hydrogen) atoms. The van der Waals surface area contributed by atoms with Gasteiger partial charge in [-0.05, 0) is 55.9 Å². The molecule has 8 heteroatoms. The Bertz CT molecular complexity index is 1110. The van der Waals surface area contributed by atoms with Gasteiger partial charge in [0.2, 0.25) is 5.91 Å². The lowest BCUT2D eigenvalue weighted by molar-refractivity contribution is -0.135. The number of piperidine rings is 1. The molecule has 2 fully saturated rings. The number of benzene rings is 1. The summed E-state index contributed by atoms with van der Waals surface area (Å²) in [5.41, 5.74) is 3.40. The van der Waals surface area contributed by atoms with Crippen LogP contribution in [0, 0.1) is 12.8 Å². The predicted molar refractivity (Wildman–Crippen MR) is 125 cm³/mol. The number of halogens is 1. The topological polar surface area (TPSA) is 95.2 Å². The Kier molecular flexibility index (Phi) is 6.74. The summed E-state index contributed by atoms with van der Waals surface area (Å²) < 4.78 is 0. The van der Waals surface area contributed by atoms with E-state index in [1.165, 1.54) is 30.7 Å². The molecule has 0 radical (unpaired) electrons. The number of hydrogen-bond donors (Lipinski definition) is 2. The first-order valence-corrected chi connectivity index (χ1v) is 11.4. The van der Waals surface area contributed by atoms with Crippen LogP contribution < -0.4 is 10.9 Å². The number of aromatic nitrogens is 2. The number of nitrogens with one attached hydrogen (secondary N) is 2. The number of likely N-dealkylation sites (tertiary alicyclic amines) is 1. The van der Waals surface area contributed by atoms with E-state index in [1.54, 1.807) is 6.07 Å². The van der Waals surface area contributed by atoms with Gasteiger partial charge >= 0.3 is 0 Å². The van der Waals surface area contributed by atoms with Crippen molar-refractivity contribution in [1.29, 1.82) is 0 Å². The Morgan fingerprint density at radius 1 is 1.19 bits per heavy atom. The molecule has 0 atom stereocenters. The molecule has 7 nitrogen and oxygen atoms in total. The number of aromatic amines is 1. The zero-order valence-electron chi connectivity index (χ0n) is 18.1. The number of rotatable bonds is 4. The number of nitrogens with zero attached hydrogens (tertiary/aromatic N) is 2. The minimum Gasteiger partial charge on any atom is -0.342 e. The van der Waals surface area contributed by atoms with Crippen molar-refractivity contribution in [3.8, 4) is 0 Å². The van der Waals surface area contributed by atoms with Crippen LogP contribution in [0.1, 0.15) is 60.0 Å². The number of H-pyrrole nitrogens is 1. The molecule has 168 valence electrons. The lowest BCUT2D eigenvalue weighted by Crippen LogP contribution is -2.39. The zero-order chi connectivity index (χ0) is 22.7. The number of hydrogen-bond acceptors (Lipinski definition) is 4. The minimum atomic E-state index is -0.441. The van der Waals surface area contributed by atoms with Gasteiger partial charge < -0.3 is 10.2 Å². The van der Waals surface area contributed by atoms with Gasteiger partial charge in [-0.3, -0.25) is 14.4 Å². The highest BCUT2D eigenvalue weighted by Gasteiger charge is 2.28. The normalized spacial score (nSPS) is 16.8. The second-order valence-corrected chi connectivity index (χ2v) is 9.00. The van der Waals surface area contributed by atoms with Crippen LogP contribution in [-0.4, -0.2) is 40.0 Å². The smallest absolute Gasteiger partial charge is 0.264 e. The SMILES string of the molecule is Cc1c(C=C2CCN(C(=O)C3CCCC3)CC2)cc(Cl)cc1NC(=O)c1cn[nH]c(=O)c1. The van der Waals surface area contributed by atoms with Gasteiger partial charge in [0.05, 0.1) is 11.8 Å². The van der Waals surface area contributed by atoms with Gasteiger partial charge in [-0.25, -0.2) is 5.10 Å². The monoisotopic (exact) mass is 454 g/mol. The molecule has 1 aromatic heterocycles. The Hall–Kier alpha value is -2.93. The van der Waals surface area contributed by atoms with Gasteiger partial charge in [0.15, 0.2) is 0 Å². The molecule has 1 aliphatic heterocycles. The van der Waals surface area contributed by atoms with Gasteiger partial charge in [0.1, 0.15) is 0 Å². The molecule has 2 aliphatic rings. The van der Waals surface area contributed by atoms with Crippen molar-refractivity contribution in [2.45, 2.75) is 45.4 Å². The Labute approximate surface area is 191 Å². The number of amides is 2. The highest BCUT2D eigenvalue weighted by atomic mass is 35.5. The Balaban J connectivity index is 1.47. The molecular formula is C24H27ClN4O3. The maximum Gasteiger partial charge on any atom is 0.264 e. The van der Waals surface area contributed by atoms with E-state index in [1.807, 2.05) is 17.9 Å². The maximum atomic E-state index is 12.7. The average Bonchev–Trinajstić information content (AvgIpc) is 3.32. The van der Waals surface area contributed by atoms with E-state index < -0.39 is 11.5 Å². The molecule has 1 aliphatic carbocycles. The van der Waals surface area contributed by atoms with Crippen molar-refractivity contribution in [2.75, 3.05) is 18.4 Å². The fourth-order valence-corrected chi connectivity index (χ4v) is 4.71. The third-order valence-corrected chi connectivity index (χ3v) is 6.59. The van der Waals surface area contributed by atoms with Gasteiger partial charge in [-0.15, -0.1) is 0 Å². The molecule has 2 amide bonds. The summed E-state index contributed by atoms with van der Waals surface area (Å²) in [7, 11) is 0. The van der Waals surface area contributed by atoms with Crippen LogP contribution >= 0.6 is 11.6 Å². The van der Waals surface area contributed by atoms with E-state index in [-0.39, 0.29) is 11.5 Å². The average molecular weight is 455 g/mol. The van der Waals surface area contributed by atoms with Crippen LogP contribution in [0.25, 0.3) is 6.08 Å². The third-order valence-electron chi connectivity index (χ3n) is 6.37. The largest absolute Gasteiger partial charge is 0.342 e. The summed E-state index contributed by atoms with van der Waals surface area (Å²) in [4.78, 5) is 38.7. The first kappa shape index (κ1) is 22.3. The van der Waals surface area contributed by atoms with Crippen LogP contribution in [0.2, 0.25) is 5.02 Å². The Morgan fingerprint density at radius 3 is 2.59 bits per heavy atom. The molecule has 1 saturated heterocycles. The van der Waals surface area contributed by atoms with Crippen LogP contribution in [0.5, 0.6) is 0 Å². The van der Waals surface area contributed by atoms with Gasteiger partial charge in [-0.1, -0.05) is 36.1 Å². The van der Waals surface area contributed by atoms with Crippen molar-refractivity contribution in [2.24, 2.45) is 5.92 Å². The van der Waals surface area contributed by atoms with E-state index in [0.29, 0.717) is 16.6 Å². The van der Waals surface area contributed by atoms with E-state index in [4.69, 9.17) is 11.6 Å². The second-order valence-electron chi connectivity index (χ2n) is 8.56. The highest BCUT2D eigenvalue weighted by Crippen LogP contribution is 2.31. The number of carbonyl (C=O) groups is 2. The van der Waals surface area contributed by atoms with Crippen molar-refractivity contribution in [3.05, 3.63) is 62.0 Å². The summed E-state index contributed by atoms with van der Waals surface area (Å²) in [6.07, 6.45) is 9.49. The minimum absolute atomic E-state index is 0.173. The van der Waals surface area contributed by atoms with E-state index in [0.717, 1.165) is 49.9 Å².